The minimum atomic E-state index is -0.0539. The lowest BCUT2D eigenvalue weighted by Gasteiger charge is -2.13. The highest BCUT2D eigenvalue weighted by Crippen LogP contribution is 2.24. The molecule has 0 saturated heterocycles. The van der Waals surface area contributed by atoms with Gasteiger partial charge in [-0.15, -0.1) is 0 Å². The molecule has 0 atom stereocenters. The molecule has 0 radical (unpaired) electrons. The van der Waals surface area contributed by atoms with Gasteiger partial charge in [-0.05, 0) is 31.2 Å². The number of thioether (sulfide) groups is 1. The summed E-state index contributed by atoms with van der Waals surface area (Å²) in [5.41, 5.74) is 2.63. The quantitative estimate of drug-likeness (QED) is 0.410. The van der Waals surface area contributed by atoms with E-state index < -0.39 is 0 Å². The first kappa shape index (κ1) is 16.6. The summed E-state index contributed by atoms with van der Waals surface area (Å²) in [5.74, 6) is 1.58. The van der Waals surface area contributed by atoms with Gasteiger partial charge in [0.15, 0.2) is 5.16 Å². The normalized spacial score (nSPS) is 11.2. The maximum atomic E-state index is 13.2. The molecule has 2 aromatic carbocycles. The molecular formula is C20H18N4OS. The topological polar surface area (TPSA) is 52.7 Å². The average Bonchev–Trinajstić information content (AvgIpc) is 3.06. The largest absolute Gasteiger partial charge is 0.337 e. The van der Waals surface area contributed by atoms with Gasteiger partial charge < -0.3 is 4.57 Å². The predicted octanol–water partition coefficient (Wildman–Crippen LogP) is 3.72. The average molecular weight is 362 g/mol. The Hall–Kier alpha value is -2.86. The number of aromatic nitrogens is 4. The first-order chi connectivity index (χ1) is 12.6. The number of benzene rings is 2. The van der Waals surface area contributed by atoms with Crippen molar-refractivity contribution in [1.82, 2.24) is 19.1 Å². The summed E-state index contributed by atoms with van der Waals surface area (Å²) < 4.78 is 3.66. The predicted molar refractivity (Wildman–Crippen MR) is 105 cm³/mol. The van der Waals surface area contributed by atoms with E-state index in [2.05, 4.69) is 4.98 Å². The van der Waals surface area contributed by atoms with Gasteiger partial charge in [0, 0.05) is 19.4 Å². The van der Waals surface area contributed by atoms with E-state index >= 15 is 0 Å². The van der Waals surface area contributed by atoms with Gasteiger partial charge in [-0.1, -0.05) is 41.6 Å². The number of hydrogen-bond acceptors (Lipinski definition) is 4. The van der Waals surface area contributed by atoms with Crippen molar-refractivity contribution in [3.63, 3.8) is 0 Å². The zero-order valence-corrected chi connectivity index (χ0v) is 15.4. The molecule has 0 fully saturated rings. The van der Waals surface area contributed by atoms with Crippen molar-refractivity contribution in [3.8, 4) is 5.69 Å². The van der Waals surface area contributed by atoms with Gasteiger partial charge in [-0.2, -0.15) is 0 Å². The Balaban J connectivity index is 1.86. The van der Waals surface area contributed by atoms with E-state index in [1.165, 1.54) is 11.8 Å². The van der Waals surface area contributed by atoms with Crippen molar-refractivity contribution in [1.29, 1.82) is 0 Å². The van der Waals surface area contributed by atoms with Crippen LogP contribution in [-0.2, 0) is 12.8 Å². The molecule has 0 saturated carbocycles. The van der Waals surface area contributed by atoms with Gasteiger partial charge in [0.05, 0.1) is 22.3 Å². The Labute approximate surface area is 155 Å². The maximum Gasteiger partial charge on any atom is 0.266 e. The molecule has 130 valence electrons. The van der Waals surface area contributed by atoms with Crippen LogP contribution in [-0.4, -0.2) is 19.1 Å². The molecule has 0 amide bonds. The van der Waals surface area contributed by atoms with Crippen molar-refractivity contribution in [3.05, 3.63) is 82.7 Å². The summed E-state index contributed by atoms with van der Waals surface area (Å²) >= 11 is 1.52. The van der Waals surface area contributed by atoms with Crippen LogP contribution in [0.25, 0.3) is 16.6 Å². The Morgan fingerprint density at radius 3 is 2.58 bits per heavy atom. The molecule has 0 aliphatic heterocycles. The van der Waals surface area contributed by atoms with Crippen LogP contribution < -0.4 is 5.56 Å². The van der Waals surface area contributed by atoms with Crippen LogP contribution in [0.3, 0.4) is 0 Å². The fraction of sp³-hybridized carbons (Fsp3) is 0.150. The zero-order valence-electron chi connectivity index (χ0n) is 14.6. The Morgan fingerprint density at radius 2 is 1.85 bits per heavy atom. The molecule has 4 rings (SSSR count). The third-order valence-electron chi connectivity index (χ3n) is 4.29. The van der Waals surface area contributed by atoms with Crippen LogP contribution in [0.4, 0.5) is 0 Å². The second-order valence-electron chi connectivity index (χ2n) is 6.13. The molecule has 2 heterocycles. The van der Waals surface area contributed by atoms with Gasteiger partial charge >= 0.3 is 0 Å². The van der Waals surface area contributed by atoms with Crippen molar-refractivity contribution in [2.45, 2.75) is 17.8 Å². The smallest absolute Gasteiger partial charge is 0.266 e. The van der Waals surface area contributed by atoms with Crippen LogP contribution in [0.2, 0.25) is 0 Å². The van der Waals surface area contributed by atoms with Crippen molar-refractivity contribution in [2.75, 3.05) is 0 Å². The molecule has 2 aromatic heterocycles. The Morgan fingerprint density at radius 1 is 1.08 bits per heavy atom. The van der Waals surface area contributed by atoms with Gasteiger partial charge in [-0.3, -0.25) is 9.36 Å². The van der Waals surface area contributed by atoms with E-state index in [-0.39, 0.29) is 5.56 Å². The third-order valence-corrected chi connectivity index (χ3v) is 5.22. The van der Waals surface area contributed by atoms with Crippen LogP contribution in [0.15, 0.2) is 70.9 Å². The molecule has 6 heteroatoms. The van der Waals surface area contributed by atoms with Crippen molar-refractivity contribution in [2.24, 2.45) is 7.05 Å². The third kappa shape index (κ3) is 3.04. The van der Waals surface area contributed by atoms with Crippen LogP contribution in [0.5, 0.6) is 0 Å². The van der Waals surface area contributed by atoms with E-state index in [1.54, 1.807) is 10.8 Å². The van der Waals surface area contributed by atoms with E-state index in [0.29, 0.717) is 21.8 Å². The van der Waals surface area contributed by atoms with Crippen molar-refractivity contribution >= 4 is 22.7 Å². The number of para-hydroxylation sites is 1. The van der Waals surface area contributed by atoms with E-state index in [9.17, 15) is 4.79 Å². The van der Waals surface area contributed by atoms with E-state index in [4.69, 9.17) is 4.98 Å². The van der Waals surface area contributed by atoms with Gasteiger partial charge in [0.25, 0.3) is 5.56 Å². The summed E-state index contributed by atoms with van der Waals surface area (Å²) in [4.78, 5) is 22.3. The number of aryl methyl sites for hydroxylation is 2. The summed E-state index contributed by atoms with van der Waals surface area (Å²) in [6.07, 6.45) is 3.69. The first-order valence-corrected chi connectivity index (χ1v) is 9.30. The Bertz CT molecular complexity index is 1130. The van der Waals surface area contributed by atoms with Crippen molar-refractivity contribution < 1.29 is 0 Å². The lowest BCUT2D eigenvalue weighted by Crippen LogP contribution is -2.21. The van der Waals surface area contributed by atoms with E-state index in [0.717, 1.165) is 17.1 Å². The second kappa shape index (κ2) is 6.80. The fourth-order valence-corrected chi connectivity index (χ4v) is 3.81. The lowest BCUT2D eigenvalue weighted by atomic mass is 10.2. The summed E-state index contributed by atoms with van der Waals surface area (Å²) in [6.45, 7) is 2.03. The van der Waals surface area contributed by atoms with Crippen LogP contribution in [0.1, 0.15) is 11.4 Å². The Kier molecular flexibility index (Phi) is 4.34. The molecule has 0 N–H and O–H groups in total. The maximum absolute atomic E-state index is 13.2. The van der Waals surface area contributed by atoms with Crippen LogP contribution >= 0.6 is 11.8 Å². The molecule has 0 bridgehead atoms. The van der Waals surface area contributed by atoms with Crippen LogP contribution in [0, 0.1) is 6.92 Å². The zero-order chi connectivity index (χ0) is 18.1. The molecular weight excluding hydrogens is 344 g/mol. The highest BCUT2D eigenvalue weighted by atomic mass is 32.2. The fourth-order valence-electron chi connectivity index (χ4n) is 2.80. The van der Waals surface area contributed by atoms with Gasteiger partial charge in [0.2, 0.25) is 0 Å². The molecule has 0 spiro atoms. The molecule has 5 nitrogen and oxygen atoms in total. The first-order valence-electron chi connectivity index (χ1n) is 8.31. The summed E-state index contributed by atoms with van der Waals surface area (Å²) in [5, 5.41) is 1.29. The molecule has 0 aliphatic carbocycles. The minimum Gasteiger partial charge on any atom is -0.337 e. The summed E-state index contributed by atoms with van der Waals surface area (Å²) in [7, 11) is 1.96. The molecule has 26 heavy (non-hydrogen) atoms. The SMILES string of the molecule is Cc1ccc(-n2c(SCc3nccn3C)nc3ccccc3c2=O)cc1. The minimum absolute atomic E-state index is 0.0539. The number of imidazole rings is 1. The monoisotopic (exact) mass is 362 g/mol. The van der Waals surface area contributed by atoms with Gasteiger partial charge in [-0.25, -0.2) is 9.97 Å². The number of hydrogen-bond donors (Lipinski definition) is 0. The van der Waals surface area contributed by atoms with Gasteiger partial charge in [0.1, 0.15) is 5.82 Å². The number of rotatable bonds is 4. The molecule has 4 aromatic rings. The summed E-state index contributed by atoms with van der Waals surface area (Å²) in [6, 6.07) is 15.4. The molecule has 0 aliphatic rings. The lowest BCUT2D eigenvalue weighted by molar-refractivity contribution is 0.812. The molecule has 0 unspecified atom stereocenters. The number of nitrogens with zero attached hydrogens (tertiary/aromatic N) is 4. The highest BCUT2D eigenvalue weighted by Gasteiger charge is 2.14. The standard InChI is InChI=1S/C20H18N4OS/c1-14-7-9-15(10-8-14)24-19(25)16-5-3-4-6-17(16)22-20(24)26-13-18-21-11-12-23(18)2/h3-12H,13H2,1-2H3. The second-order valence-corrected chi connectivity index (χ2v) is 7.07. The number of fused-ring (bicyclic) bond motifs is 1. The van der Waals surface area contributed by atoms with E-state index in [1.807, 2.05) is 73.3 Å². The highest BCUT2D eigenvalue weighted by molar-refractivity contribution is 7.98.